The lowest BCUT2D eigenvalue weighted by molar-refractivity contribution is 0.143. The van der Waals surface area contributed by atoms with E-state index in [2.05, 4.69) is 26.3 Å². The van der Waals surface area contributed by atoms with Crippen LogP contribution in [0.1, 0.15) is 55.0 Å². The minimum absolute atomic E-state index is 0.0118. The highest BCUT2D eigenvalue weighted by molar-refractivity contribution is 7.85. The standard InChI is InChI=1S/C22H25ClN6O2S/c23-15-11-25-19(26-12-15)14-2-7-29(8-3-14)21-17(10-24)16-4-9-32(31)18(16)20(27-21)28-22(13-30)5-1-6-22/h11-12,14,30H,1-9,13H2,(H,27,28)/t32-/m0/s1. The highest BCUT2D eigenvalue weighted by atomic mass is 35.5. The third-order valence-electron chi connectivity index (χ3n) is 6.91. The van der Waals surface area contributed by atoms with Crippen LogP contribution in [0, 0.1) is 11.3 Å². The lowest BCUT2D eigenvalue weighted by Crippen LogP contribution is -2.48. The van der Waals surface area contributed by atoms with Crippen LogP contribution in [0.4, 0.5) is 11.6 Å². The molecule has 1 saturated carbocycles. The number of pyridine rings is 1. The van der Waals surface area contributed by atoms with Crippen LogP contribution in [0.15, 0.2) is 17.3 Å². The van der Waals surface area contributed by atoms with Crippen molar-refractivity contribution in [1.29, 1.82) is 5.26 Å². The topological polar surface area (TPSA) is 115 Å². The van der Waals surface area contributed by atoms with Crippen molar-refractivity contribution in [3.8, 4) is 6.07 Å². The van der Waals surface area contributed by atoms with E-state index in [1.807, 2.05) is 0 Å². The molecule has 2 aromatic rings. The van der Waals surface area contributed by atoms with Gasteiger partial charge >= 0.3 is 0 Å². The molecular weight excluding hydrogens is 448 g/mol. The monoisotopic (exact) mass is 472 g/mol. The van der Waals surface area contributed by atoms with E-state index in [0.29, 0.717) is 39.3 Å². The Balaban J connectivity index is 1.45. The quantitative estimate of drug-likeness (QED) is 0.682. The second kappa shape index (κ2) is 8.58. The summed E-state index contributed by atoms with van der Waals surface area (Å²) in [5.74, 6) is 2.76. The van der Waals surface area contributed by atoms with E-state index < -0.39 is 16.3 Å². The first-order chi connectivity index (χ1) is 15.5. The second-order valence-corrected chi connectivity index (χ2v) is 10.8. The number of piperidine rings is 1. The Bertz CT molecular complexity index is 1090. The smallest absolute Gasteiger partial charge is 0.149 e. The van der Waals surface area contributed by atoms with Gasteiger partial charge < -0.3 is 15.3 Å². The fourth-order valence-electron chi connectivity index (χ4n) is 4.88. The van der Waals surface area contributed by atoms with E-state index in [0.717, 1.165) is 56.6 Å². The minimum atomic E-state index is -1.19. The van der Waals surface area contributed by atoms with Crippen molar-refractivity contribution >= 4 is 34.0 Å². The summed E-state index contributed by atoms with van der Waals surface area (Å²) < 4.78 is 12.8. The molecule has 2 aliphatic heterocycles. The van der Waals surface area contributed by atoms with Gasteiger partial charge in [0.05, 0.1) is 38.4 Å². The van der Waals surface area contributed by atoms with Crippen LogP contribution >= 0.6 is 11.6 Å². The van der Waals surface area contributed by atoms with Crippen molar-refractivity contribution in [3.05, 3.63) is 34.4 Å². The van der Waals surface area contributed by atoms with Gasteiger partial charge in [-0.15, -0.1) is 0 Å². The van der Waals surface area contributed by atoms with Gasteiger partial charge in [-0.05, 0) is 44.1 Å². The number of anilines is 2. The van der Waals surface area contributed by atoms with E-state index in [-0.39, 0.29) is 12.5 Å². The number of aromatic nitrogens is 3. The average Bonchev–Trinajstić information content (AvgIpc) is 3.18. The molecule has 1 atom stereocenters. The first-order valence-corrected chi connectivity index (χ1v) is 12.7. The first kappa shape index (κ1) is 21.6. The van der Waals surface area contributed by atoms with Crippen LogP contribution in [0.2, 0.25) is 5.02 Å². The van der Waals surface area contributed by atoms with Crippen LogP contribution in [-0.2, 0) is 17.2 Å². The summed E-state index contributed by atoms with van der Waals surface area (Å²) in [5, 5.41) is 23.9. The maximum Gasteiger partial charge on any atom is 0.149 e. The van der Waals surface area contributed by atoms with E-state index >= 15 is 0 Å². The number of aliphatic hydroxyl groups excluding tert-OH is 1. The van der Waals surface area contributed by atoms with Gasteiger partial charge in [-0.25, -0.2) is 15.0 Å². The molecule has 4 heterocycles. The Hall–Kier alpha value is -2.28. The summed E-state index contributed by atoms with van der Waals surface area (Å²) >= 11 is 5.91. The van der Waals surface area contributed by atoms with Crippen LogP contribution in [0.3, 0.4) is 0 Å². The Kier molecular flexibility index (Phi) is 5.78. The molecule has 0 unspecified atom stereocenters. The van der Waals surface area contributed by atoms with Crippen molar-refractivity contribution in [2.75, 3.05) is 35.7 Å². The summed E-state index contributed by atoms with van der Waals surface area (Å²) in [6, 6.07) is 2.34. The van der Waals surface area contributed by atoms with Gasteiger partial charge in [0.25, 0.3) is 0 Å². The molecule has 0 radical (unpaired) electrons. The third-order valence-corrected chi connectivity index (χ3v) is 8.57. The lowest BCUT2D eigenvalue weighted by atomic mass is 9.77. The number of fused-ring (bicyclic) bond motifs is 1. The molecule has 1 saturated heterocycles. The summed E-state index contributed by atoms with van der Waals surface area (Å²) in [6.07, 6.45) is 8.31. The zero-order chi connectivity index (χ0) is 22.3. The van der Waals surface area contributed by atoms with Gasteiger partial charge in [0.15, 0.2) is 0 Å². The molecule has 0 bridgehead atoms. The maximum absolute atomic E-state index is 12.8. The van der Waals surface area contributed by atoms with Crippen LogP contribution < -0.4 is 10.2 Å². The predicted molar refractivity (Wildman–Crippen MR) is 122 cm³/mol. The van der Waals surface area contributed by atoms with Crippen molar-refractivity contribution in [1.82, 2.24) is 15.0 Å². The normalized spacial score (nSPS) is 22.2. The Morgan fingerprint density at radius 3 is 2.62 bits per heavy atom. The van der Waals surface area contributed by atoms with Gasteiger partial charge in [-0.2, -0.15) is 5.26 Å². The van der Waals surface area contributed by atoms with Crippen molar-refractivity contribution in [3.63, 3.8) is 0 Å². The first-order valence-electron chi connectivity index (χ1n) is 11.0. The fourth-order valence-corrected chi connectivity index (χ4v) is 6.36. The fraction of sp³-hybridized carbons (Fsp3) is 0.545. The molecule has 10 heteroatoms. The van der Waals surface area contributed by atoms with Crippen LogP contribution in [0.5, 0.6) is 0 Å². The van der Waals surface area contributed by atoms with Gasteiger partial charge in [0.1, 0.15) is 23.5 Å². The molecule has 168 valence electrons. The number of hydrogen-bond donors (Lipinski definition) is 2. The van der Waals surface area contributed by atoms with E-state index in [4.69, 9.17) is 16.6 Å². The van der Waals surface area contributed by atoms with Crippen molar-refractivity contribution in [2.24, 2.45) is 0 Å². The van der Waals surface area contributed by atoms with Crippen molar-refractivity contribution < 1.29 is 9.32 Å². The molecule has 8 nitrogen and oxygen atoms in total. The highest BCUT2D eigenvalue weighted by Crippen LogP contribution is 2.41. The van der Waals surface area contributed by atoms with E-state index in [9.17, 15) is 14.6 Å². The SMILES string of the molecule is N#Cc1c(N2CCC(c3ncc(Cl)cn3)CC2)nc(NC2(CO)CCC2)c2c1CC[S@@]2=O. The maximum atomic E-state index is 12.8. The number of halogens is 1. The summed E-state index contributed by atoms with van der Waals surface area (Å²) in [4.78, 5) is 16.4. The largest absolute Gasteiger partial charge is 0.394 e. The Labute approximate surface area is 194 Å². The third kappa shape index (κ3) is 3.74. The molecule has 0 aromatic carbocycles. The van der Waals surface area contributed by atoms with Gasteiger partial charge in [-0.3, -0.25) is 4.21 Å². The van der Waals surface area contributed by atoms with E-state index in [1.54, 1.807) is 12.4 Å². The summed E-state index contributed by atoms with van der Waals surface area (Å²) in [7, 11) is -1.19. The molecule has 5 rings (SSSR count). The molecule has 0 spiro atoms. The Morgan fingerprint density at radius 1 is 1.31 bits per heavy atom. The van der Waals surface area contributed by atoms with E-state index in [1.165, 1.54) is 0 Å². The molecule has 3 aliphatic rings. The number of hydrogen-bond acceptors (Lipinski definition) is 8. The lowest BCUT2D eigenvalue weighted by Gasteiger charge is -2.42. The molecule has 2 fully saturated rings. The summed E-state index contributed by atoms with van der Waals surface area (Å²) in [5.41, 5.74) is 0.968. The second-order valence-electron chi connectivity index (χ2n) is 8.82. The number of aliphatic hydroxyl groups is 1. The number of rotatable bonds is 5. The highest BCUT2D eigenvalue weighted by Gasteiger charge is 2.40. The molecule has 32 heavy (non-hydrogen) atoms. The molecule has 1 aliphatic carbocycles. The molecule has 2 aromatic heterocycles. The number of nitriles is 1. The van der Waals surface area contributed by atoms with Gasteiger partial charge in [-0.1, -0.05) is 11.6 Å². The summed E-state index contributed by atoms with van der Waals surface area (Å²) in [6.45, 7) is 1.47. The zero-order valence-electron chi connectivity index (χ0n) is 17.7. The number of nitrogens with zero attached hydrogens (tertiary/aromatic N) is 5. The predicted octanol–water partition coefficient (Wildman–Crippen LogP) is 2.77. The zero-order valence-corrected chi connectivity index (χ0v) is 19.3. The van der Waals surface area contributed by atoms with Crippen LogP contribution in [0.25, 0.3) is 0 Å². The number of nitrogens with one attached hydrogen (secondary N) is 1. The Morgan fingerprint density at radius 2 is 2.03 bits per heavy atom. The molecule has 2 N–H and O–H groups in total. The van der Waals surface area contributed by atoms with Gasteiger partial charge in [0.2, 0.25) is 0 Å². The average molecular weight is 473 g/mol. The molecular formula is C22H25ClN6O2S. The van der Waals surface area contributed by atoms with Gasteiger partial charge in [0, 0.05) is 37.2 Å². The molecule has 0 amide bonds. The minimum Gasteiger partial charge on any atom is -0.394 e. The van der Waals surface area contributed by atoms with Crippen LogP contribution in [-0.4, -0.2) is 55.3 Å². The van der Waals surface area contributed by atoms with Crippen molar-refractivity contribution in [2.45, 2.75) is 54.9 Å².